The third-order valence-corrected chi connectivity index (χ3v) is 3.43. The average Bonchev–Trinajstić information content (AvgIpc) is 3.12. The number of hydrogen-bond acceptors (Lipinski definition) is 5. The van der Waals surface area contributed by atoms with E-state index in [0.29, 0.717) is 17.0 Å². The van der Waals surface area contributed by atoms with Gasteiger partial charge in [0.15, 0.2) is 0 Å². The highest BCUT2D eigenvalue weighted by molar-refractivity contribution is 7.12. The van der Waals surface area contributed by atoms with Crippen molar-refractivity contribution in [3.05, 3.63) is 34.0 Å². The Balaban J connectivity index is 1.81. The van der Waals surface area contributed by atoms with Crippen LogP contribution in [0.15, 0.2) is 17.8 Å². The first-order chi connectivity index (χ1) is 9.81. The molecule has 20 heavy (non-hydrogen) atoms. The molecule has 0 aromatic carbocycles. The van der Waals surface area contributed by atoms with Crippen molar-refractivity contribution in [3.63, 3.8) is 0 Å². The summed E-state index contributed by atoms with van der Waals surface area (Å²) in [5.41, 5.74) is 0.650. The number of carbonyl (C=O) groups excluding carboxylic acids is 1. The summed E-state index contributed by atoms with van der Waals surface area (Å²) in [6.45, 7) is 0.346. The topological polar surface area (TPSA) is 90.9 Å². The number of aromatic nitrogens is 3. The van der Waals surface area contributed by atoms with Crippen molar-refractivity contribution in [2.24, 2.45) is 0 Å². The standard InChI is InChI=1S/C13H14N4O2S/c18-7-2-3-10-5-8-20-12(10)13(19)14-6-1-4-11-15-9-16-17-11/h5,8-9,18H,1,4,6-7H2,(H,14,19)(H,15,16,17). The van der Waals surface area contributed by atoms with Crippen LogP contribution in [0.5, 0.6) is 0 Å². The van der Waals surface area contributed by atoms with Gasteiger partial charge in [-0.05, 0) is 17.9 Å². The van der Waals surface area contributed by atoms with Crippen molar-refractivity contribution in [1.29, 1.82) is 0 Å². The second-order valence-corrected chi connectivity index (χ2v) is 4.83. The van der Waals surface area contributed by atoms with Gasteiger partial charge in [0.25, 0.3) is 5.91 Å². The predicted molar refractivity (Wildman–Crippen MR) is 75.3 cm³/mol. The Morgan fingerprint density at radius 2 is 2.45 bits per heavy atom. The second-order valence-electron chi connectivity index (χ2n) is 3.91. The molecule has 0 unspecified atom stereocenters. The first-order valence-electron chi connectivity index (χ1n) is 6.11. The first-order valence-corrected chi connectivity index (χ1v) is 6.99. The first kappa shape index (κ1) is 14.2. The van der Waals surface area contributed by atoms with E-state index in [1.807, 2.05) is 5.38 Å². The van der Waals surface area contributed by atoms with Crippen molar-refractivity contribution in [3.8, 4) is 11.8 Å². The Kier molecular flexibility index (Phi) is 5.29. The van der Waals surface area contributed by atoms with Gasteiger partial charge in [-0.15, -0.1) is 11.3 Å². The number of nitrogens with zero attached hydrogens (tertiary/aromatic N) is 2. The number of hydrogen-bond donors (Lipinski definition) is 3. The van der Waals surface area contributed by atoms with Crippen LogP contribution in [-0.2, 0) is 6.42 Å². The fourth-order valence-corrected chi connectivity index (χ4v) is 2.37. The second kappa shape index (κ2) is 7.43. The molecule has 2 heterocycles. The molecule has 0 bridgehead atoms. The molecule has 1 amide bonds. The van der Waals surface area contributed by atoms with E-state index in [0.717, 1.165) is 18.7 Å². The van der Waals surface area contributed by atoms with Crippen molar-refractivity contribution < 1.29 is 9.90 Å². The number of H-pyrrole nitrogens is 1. The molecule has 0 aliphatic rings. The Bertz CT molecular complexity index is 610. The molecule has 0 saturated heterocycles. The highest BCUT2D eigenvalue weighted by Gasteiger charge is 2.11. The molecule has 0 radical (unpaired) electrons. The van der Waals surface area contributed by atoms with Gasteiger partial charge in [-0.2, -0.15) is 5.10 Å². The van der Waals surface area contributed by atoms with E-state index in [9.17, 15) is 4.79 Å². The minimum Gasteiger partial charge on any atom is -0.384 e. The molecule has 0 atom stereocenters. The zero-order valence-corrected chi connectivity index (χ0v) is 11.5. The molecule has 0 saturated carbocycles. The Morgan fingerprint density at radius 3 is 3.20 bits per heavy atom. The Morgan fingerprint density at radius 1 is 1.55 bits per heavy atom. The summed E-state index contributed by atoms with van der Waals surface area (Å²) in [6.07, 6.45) is 2.98. The summed E-state index contributed by atoms with van der Waals surface area (Å²) in [4.78, 5) is 16.6. The van der Waals surface area contributed by atoms with Crippen LogP contribution in [0.4, 0.5) is 0 Å². The van der Waals surface area contributed by atoms with Crippen LogP contribution in [-0.4, -0.2) is 39.3 Å². The maximum Gasteiger partial charge on any atom is 0.262 e. The molecule has 7 heteroatoms. The van der Waals surface area contributed by atoms with Gasteiger partial charge in [0.2, 0.25) is 0 Å². The van der Waals surface area contributed by atoms with E-state index in [4.69, 9.17) is 5.11 Å². The van der Waals surface area contributed by atoms with Crippen LogP contribution in [0.1, 0.15) is 27.5 Å². The van der Waals surface area contributed by atoms with E-state index in [-0.39, 0.29) is 12.5 Å². The third kappa shape index (κ3) is 3.91. The quantitative estimate of drug-likeness (QED) is 0.555. The van der Waals surface area contributed by atoms with Gasteiger partial charge >= 0.3 is 0 Å². The monoisotopic (exact) mass is 290 g/mol. The van der Waals surface area contributed by atoms with Crippen molar-refractivity contribution in [1.82, 2.24) is 20.5 Å². The van der Waals surface area contributed by atoms with Gasteiger partial charge in [0, 0.05) is 18.5 Å². The predicted octanol–water partition coefficient (Wildman–Crippen LogP) is 0.573. The van der Waals surface area contributed by atoms with Gasteiger partial charge in [-0.1, -0.05) is 11.8 Å². The van der Waals surface area contributed by atoms with Crippen LogP contribution in [0.3, 0.4) is 0 Å². The van der Waals surface area contributed by atoms with Crippen LogP contribution in [0.2, 0.25) is 0 Å². The normalized spacial score (nSPS) is 9.85. The highest BCUT2D eigenvalue weighted by atomic mass is 32.1. The maximum absolute atomic E-state index is 12.0. The van der Waals surface area contributed by atoms with Crippen LogP contribution >= 0.6 is 11.3 Å². The van der Waals surface area contributed by atoms with Crippen LogP contribution in [0.25, 0.3) is 0 Å². The highest BCUT2D eigenvalue weighted by Crippen LogP contribution is 2.15. The average molecular weight is 290 g/mol. The number of amides is 1. The van der Waals surface area contributed by atoms with Gasteiger partial charge in [-0.3, -0.25) is 9.89 Å². The van der Waals surface area contributed by atoms with E-state index in [2.05, 4.69) is 32.3 Å². The molecule has 0 spiro atoms. The number of aliphatic hydroxyl groups is 1. The molecule has 0 fully saturated rings. The summed E-state index contributed by atoms with van der Waals surface area (Å²) >= 11 is 1.34. The minimum atomic E-state index is -0.214. The van der Waals surface area contributed by atoms with Crippen molar-refractivity contribution in [2.75, 3.05) is 13.2 Å². The number of carbonyl (C=O) groups is 1. The molecule has 3 N–H and O–H groups in total. The van der Waals surface area contributed by atoms with Gasteiger partial charge in [-0.25, -0.2) is 4.98 Å². The van der Waals surface area contributed by atoms with Crippen LogP contribution < -0.4 is 5.32 Å². The Hall–Kier alpha value is -2.17. The van der Waals surface area contributed by atoms with Crippen molar-refractivity contribution in [2.45, 2.75) is 12.8 Å². The molecule has 0 aliphatic carbocycles. The molecule has 6 nitrogen and oxygen atoms in total. The van der Waals surface area contributed by atoms with E-state index >= 15 is 0 Å². The maximum atomic E-state index is 12.0. The minimum absolute atomic E-state index is 0.139. The lowest BCUT2D eigenvalue weighted by atomic mass is 10.2. The lowest BCUT2D eigenvalue weighted by Crippen LogP contribution is -2.24. The number of aromatic amines is 1. The number of thiophene rings is 1. The molecular formula is C13H14N4O2S. The molecule has 2 aromatic heterocycles. The van der Waals surface area contributed by atoms with E-state index < -0.39 is 0 Å². The zero-order chi connectivity index (χ0) is 14.2. The summed E-state index contributed by atoms with van der Waals surface area (Å²) in [7, 11) is 0. The fourth-order valence-electron chi connectivity index (χ4n) is 1.61. The number of aryl methyl sites for hydroxylation is 1. The molecular weight excluding hydrogens is 276 g/mol. The van der Waals surface area contributed by atoms with E-state index in [1.165, 1.54) is 17.7 Å². The number of aliphatic hydroxyl groups excluding tert-OH is 1. The lowest BCUT2D eigenvalue weighted by Gasteiger charge is -2.03. The van der Waals surface area contributed by atoms with Gasteiger partial charge in [0.1, 0.15) is 23.6 Å². The summed E-state index contributed by atoms with van der Waals surface area (Å²) in [6, 6.07) is 1.77. The SMILES string of the molecule is O=C(NCCCc1ncn[nH]1)c1sccc1C#CCO. The van der Waals surface area contributed by atoms with Gasteiger partial charge < -0.3 is 10.4 Å². The largest absolute Gasteiger partial charge is 0.384 e. The lowest BCUT2D eigenvalue weighted by molar-refractivity contribution is 0.0957. The van der Waals surface area contributed by atoms with Crippen molar-refractivity contribution >= 4 is 17.2 Å². The molecule has 0 aliphatic heterocycles. The summed E-state index contributed by atoms with van der Waals surface area (Å²) in [5, 5.41) is 19.9. The zero-order valence-electron chi connectivity index (χ0n) is 10.7. The number of nitrogens with one attached hydrogen (secondary N) is 2. The van der Waals surface area contributed by atoms with Gasteiger partial charge in [0.05, 0.1) is 0 Å². The molecule has 104 valence electrons. The van der Waals surface area contributed by atoms with Crippen LogP contribution in [0, 0.1) is 11.8 Å². The smallest absolute Gasteiger partial charge is 0.262 e. The fraction of sp³-hybridized carbons (Fsp3) is 0.308. The number of rotatable bonds is 5. The van der Waals surface area contributed by atoms with E-state index in [1.54, 1.807) is 6.07 Å². The summed E-state index contributed by atoms with van der Waals surface area (Å²) in [5.74, 6) is 5.98. The third-order valence-electron chi connectivity index (χ3n) is 2.51. The summed E-state index contributed by atoms with van der Waals surface area (Å²) < 4.78 is 0. The molecule has 2 rings (SSSR count). The Labute approximate surface area is 120 Å². The molecule has 2 aromatic rings.